The first-order chi connectivity index (χ1) is 9.33. The molecule has 7 heteroatoms. The SMILES string of the molecule is Cn1cnnc1SCc1ccc(-c2csnn2)cc1. The fourth-order valence-corrected chi connectivity index (χ4v) is 2.92. The second-order valence-corrected chi connectivity index (χ2v) is 5.55. The Balaban J connectivity index is 1.68. The van der Waals surface area contributed by atoms with Crippen LogP contribution in [0.3, 0.4) is 0 Å². The van der Waals surface area contributed by atoms with Gasteiger partial charge in [0.25, 0.3) is 0 Å². The van der Waals surface area contributed by atoms with Crippen LogP contribution in [0.5, 0.6) is 0 Å². The van der Waals surface area contributed by atoms with Gasteiger partial charge in [-0.3, -0.25) is 0 Å². The van der Waals surface area contributed by atoms with Gasteiger partial charge in [0, 0.05) is 23.7 Å². The van der Waals surface area contributed by atoms with Crippen molar-refractivity contribution in [1.29, 1.82) is 0 Å². The van der Waals surface area contributed by atoms with Crippen LogP contribution in [-0.4, -0.2) is 24.4 Å². The first-order valence-electron chi connectivity index (χ1n) is 5.66. The molecule has 0 fully saturated rings. The molecule has 2 aromatic heterocycles. The topological polar surface area (TPSA) is 56.5 Å². The van der Waals surface area contributed by atoms with E-state index in [1.54, 1.807) is 18.1 Å². The molecular formula is C12H11N5S2. The van der Waals surface area contributed by atoms with Crippen LogP contribution in [0, 0.1) is 0 Å². The maximum atomic E-state index is 4.06. The Morgan fingerprint density at radius 1 is 1.21 bits per heavy atom. The van der Waals surface area contributed by atoms with E-state index in [0.29, 0.717) is 0 Å². The van der Waals surface area contributed by atoms with Crippen LogP contribution >= 0.6 is 23.3 Å². The molecule has 5 nitrogen and oxygen atoms in total. The summed E-state index contributed by atoms with van der Waals surface area (Å²) in [5.41, 5.74) is 3.28. The number of aromatic nitrogens is 5. The molecule has 0 amide bonds. The van der Waals surface area contributed by atoms with Crippen molar-refractivity contribution in [3.63, 3.8) is 0 Å². The van der Waals surface area contributed by atoms with Crippen molar-refractivity contribution in [3.8, 4) is 11.3 Å². The minimum atomic E-state index is 0.877. The zero-order chi connectivity index (χ0) is 13.1. The van der Waals surface area contributed by atoms with Gasteiger partial charge in [0.2, 0.25) is 0 Å². The highest BCUT2D eigenvalue weighted by Gasteiger charge is 2.04. The zero-order valence-corrected chi connectivity index (χ0v) is 11.9. The maximum absolute atomic E-state index is 4.06. The van der Waals surface area contributed by atoms with E-state index < -0.39 is 0 Å². The van der Waals surface area contributed by atoms with Crippen LogP contribution in [0.2, 0.25) is 0 Å². The van der Waals surface area contributed by atoms with Crippen molar-refractivity contribution in [1.82, 2.24) is 24.4 Å². The van der Waals surface area contributed by atoms with Crippen molar-refractivity contribution in [2.75, 3.05) is 0 Å². The third kappa shape index (κ3) is 2.82. The monoisotopic (exact) mass is 289 g/mol. The lowest BCUT2D eigenvalue weighted by atomic mass is 10.1. The molecule has 3 rings (SSSR count). The average Bonchev–Trinajstić information content (AvgIpc) is 3.09. The molecule has 0 spiro atoms. The summed E-state index contributed by atoms with van der Waals surface area (Å²) in [6, 6.07) is 8.36. The van der Waals surface area contributed by atoms with Crippen molar-refractivity contribution >= 4 is 23.3 Å². The van der Waals surface area contributed by atoms with E-state index in [2.05, 4.69) is 44.0 Å². The second-order valence-electron chi connectivity index (χ2n) is 4.00. The largest absolute Gasteiger partial charge is 0.312 e. The van der Waals surface area contributed by atoms with Gasteiger partial charge in [0.05, 0.1) is 0 Å². The van der Waals surface area contributed by atoms with Gasteiger partial charge in [0.15, 0.2) is 5.16 Å². The smallest absolute Gasteiger partial charge is 0.191 e. The number of thioether (sulfide) groups is 1. The Morgan fingerprint density at radius 3 is 2.68 bits per heavy atom. The third-order valence-corrected chi connectivity index (χ3v) is 4.26. The predicted octanol–water partition coefficient (Wildman–Crippen LogP) is 2.63. The summed E-state index contributed by atoms with van der Waals surface area (Å²) in [5.74, 6) is 0.877. The van der Waals surface area contributed by atoms with Crippen molar-refractivity contribution < 1.29 is 0 Å². The van der Waals surface area contributed by atoms with Crippen molar-refractivity contribution in [2.24, 2.45) is 7.05 Å². The van der Waals surface area contributed by atoms with E-state index in [0.717, 1.165) is 22.2 Å². The first-order valence-corrected chi connectivity index (χ1v) is 7.48. The normalized spacial score (nSPS) is 10.8. The van der Waals surface area contributed by atoms with Gasteiger partial charge >= 0.3 is 0 Å². The Morgan fingerprint density at radius 2 is 2.05 bits per heavy atom. The predicted molar refractivity (Wildman–Crippen MR) is 75.9 cm³/mol. The Kier molecular flexibility index (Phi) is 3.56. The number of aryl methyl sites for hydroxylation is 1. The summed E-state index contributed by atoms with van der Waals surface area (Å²) in [4.78, 5) is 0. The van der Waals surface area contributed by atoms with Gasteiger partial charge in [-0.1, -0.05) is 40.5 Å². The third-order valence-electron chi connectivity index (χ3n) is 2.65. The van der Waals surface area contributed by atoms with Gasteiger partial charge in [0.1, 0.15) is 12.0 Å². The second kappa shape index (κ2) is 5.50. The molecule has 3 aromatic rings. The molecule has 0 saturated carbocycles. The van der Waals surface area contributed by atoms with Crippen LogP contribution in [0.25, 0.3) is 11.3 Å². The van der Waals surface area contributed by atoms with E-state index >= 15 is 0 Å². The molecule has 2 heterocycles. The molecule has 1 aromatic carbocycles. The van der Waals surface area contributed by atoms with Crippen LogP contribution in [-0.2, 0) is 12.8 Å². The minimum absolute atomic E-state index is 0.877. The molecular weight excluding hydrogens is 278 g/mol. The molecule has 0 atom stereocenters. The van der Waals surface area contributed by atoms with E-state index in [4.69, 9.17) is 0 Å². The zero-order valence-electron chi connectivity index (χ0n) is 10.2. The fourth-order valence-electron chi connectivity index (χ4n) is 1.61. The summed E-state index contributed by atoms with van der Waals surface area (Å²) in [6.07, 6.45) is 1.71. The Bertz CT molecular complexity index is 645. The molecule has 0 aliphatic rings. The highest BCUT2D eigenvalue weighted by molar-refractivity contribution is 7.98. The molecule has 0 N–H and O–H groups in total. The number of rotatable bonds is 4. The molecule has 19 heavy (non-hydrogen) atoms. The van der Waals surface area contributed by atoms with Gasteiger partial charge < -0.3 is 4.57 Å². The Labute approximate surface area is 118 Å². The number of hydrogen-bond acceptors (Lipinski definition) is 6. The first kappa shape index (κ1) is 12.3. The summed E-state index contributed by atoms with van der Waals surface area (Å²) < 4.78 is 5.79. The lowest BCUT2D eigenvalue weighted by molar-refractivity contribution is 0.788. The van der Waals surface area contributed by atoms with Gasteiger partial charge in [-0.2, -0.15) is 0 Å². The molecule has 96 valence electrons. The molecule has 0 aliphatic heterocycles. The van der Waals surface area contributed by atoms with Crippen molar-refractivity contribution in [2.45, 2.75) is 10.9 Å². The minimum Gasteiger partial charge on any atom is -0.312 e. The summed E-state index contributed by atoms with van der Waals surface area (Å²) in [6.45, 7) is 0. The number of hydrogen-bond donors (Lipinski definition) is 0. The maximum Gasteiger partial charge on any atom is 0.191 e. The molecule has 0 radical (unpaired) electrons. The number of nitrogens with zero attached hydrogens (tertiary/aromatic N) is 5. The Hall–Kier alpha value is -1.73. The number of benzene rings is 1. The van der Waals surface area contributed by atoms with Crippen LogP contribution in [0.15, 0.2) is 41.1 Å². The van der Waals surface area contributed by atoms with E-state index in [1.807, 2.05) is 17.0 Å². The van der Waals surface area contributed by atoms with E-state index in [-0.39, 0.29) is 0 Å². The van der Waals surface area contributed by atoms with Crippen LogP contribution < -0.4 is 0 Å². The molecule has 0 aliphatic carbocycles. The van der Waals surface area contributed by atoms with Crippen LogP contribution in [0.1, 0.15) is 5.56 Å². The highest BCUT2D eigenvalue weighted by Crippen LogP contribution is 2.23. The van der Waals surface area contributed by atoms with Crippen LogP contribution in [0.4, 0.5) is 0 Å². The summed E-state index contributed by atoms with van der Waals surface area (Å²) >= 11 is 3.04. The van der Waals surface area contributed by atoms with Gasteiger partial charge in [-0.15, -0.1) is 15.3 Å². The quantitative estimate of drug-likeness (QED) is 0.691. The lowest BCUT2D eigenvalue weighted by Crippen LogP contribution is -1.90. The van der Waals surface area contributed by atoms with E-state index in [1.165, 1.54) is 17.1 Å². The summed E-state index contributed by atoms with van der Waals surface area (Å²) in [7, 11) is 1.95. The standard InChI is InChI=1S/C12H11N5S2/c1-17-8-13-15-12(17)18-6-9-2-4-10(5-3-9)11-7-19-16-14-11/h2-5,7-8H,6H2,1H3. The lowest BCUT2D eigenvalue weighted by Gasteiger charge is -2.02. The average molecular weight is 289 g/mol. The highest BCUT2D eigenvalue weighted by atomic mass is 32.2. The van der Waals surface area contributed by atoms with Gasteiger partial charge in [-0.25, -0.2) is 0 Å². The summed E-state index contributed by atoms with van der Waals surface area (Å²) in [5, 5.41) is 14.8. The molecule has 0 unspecified atom stereocenters. The van der Waals surface area contributed by atoms with E-state index in [9.17, 15) is 0 Å². The molecule has 0 saturated heterocycles. The molecule has 0 bridgehead atoms. The van der Waals surface area contributed by atoms with Gasteiger partial charge in [-0.05, 0) is 17.1 Å². The fraction of sp³-hybridized carbons (Fsp3) is 0.167. The van der Waals surface area contributed by atoms with Crippen molar-refractivity contribution in [3.05, 3.63) is 41.5 Å².